The summed E-state index contributed by atoms with van der Waals surface area (Å²) < 4.78 is 9.02. The Bertz CT molecular complexity index is 1150. The average molecular weight is 407 g/mol. The molecule has 0 aliphatic carbocycles. The summed E-state index contributed by atoms with van der Waals surface area (Å²) in [5.74, 6) is 0.744. The highest BCUT2D eigenvalue weighted by Gasteiger charge is 2.16. The van der Waals surface area contributed by atoms with Crippen molar-refractivity contribution in [1.82, 2.24) is 19.3 Å². The molecule has 0 fully saturated rings. The van der Waals surface area contributed by atoms with Gasteiger partial charge in [0.15, 0.2) is 0 Å². The van der Waals surface area contributed by atoms with Crippen molar-refractivity contribution in [3.05, 3.63) is 94.4 Å². The molecule has 4 aromatic rings. The summed E-state index contributed by atoms with van der Waals surface area (Å²) in [4.78, 5) is 17.3. The zero-order chi connectivity index (χ0) is 20.2. The lowest BCUT2D eigenvalue weighted by atomic mass is 10.1. The van der Waals surface area contributed by atoms with E-state index in [1.165, 1.54) is 10.2 Å². The van der Waals surface area contributed by atoms with Gasteiger partial charge in [-0.15, -0.1) is 0 Å². The van der Waals surface area contributed by atoms with E-state index in [9.17, 15) is 4.79 Å². The molecular formula is C22H19ClN4O2. The fraction of sp³-hybridized carbons (Fsp3) is 0.136. The van der Waals surface area contributed by atoms with Gasteiger partial charge in [-0.2, -0.15) is 9.78 Å². The third-order valence-electron chi connectivity index (χ3n) is 4.45. The van der Waals surface area contributed by atoms with Crippen LogP contribution < -0.4 is 10.3 Å². The number of halogens is 1. The van der Waals surface area contributed by atoms with Crippen molar-refractivity contribution >= 4 is 11.6 Å². The van der Waals surface area contributed by atoms with Crippen molar-refractivity contribution in [1.29, 1.82) is 0 Å². The van der Waals surface area contributed by atoms with Crippen molar-refractivity contribution in [2.24, 2.45) is 0 Å². The summed E-state index contributed by atoms with van der Waals surface area (Å²) in [7, 11) is 0. The van der Waals surface area contributed by atoms with Gasteiger partial charge in [0.1, 0.15) is 11.4 Å². The Labute approximate surface area is 173 Å². The van der Waals surface area contributed by atoms with Crippen LogP contribution in [0.1, 0.15) is 18.9 Å². The van der Waals surface area contributed by atoms with Crippen LogP contribution in [0.4, 0.5) is 0 Å². The minimum absolute atomic E-state index is 0.163. The van der Waals surface area contributed by atoms with Gasteiger partial charge in [0, 0.05) is 17.4 Å². The summed E-state index contributed by atoms with van der Waals surface area (Å²) in [6.07, 6.45) is 8.62. The first-order chi connectivity index (χ1) is 14.2. The molecule has 0 saturated heterocycles. The van der Waals surface area contributed by atoms with E-state index in [1.807, 2.05) is 24.3 Å². The number of benzene rings is 2. The van der Waals surface area contributed by atoms with Crippen LogP contribution in [0.2, 0.25) is 5.02 Å². The lowest BCUT2D eigenvalue weighted by Crippen LogP contribution is -2.23. The molecule has 2 aromatic carbocycles. The predicted molar refractivity (Wildman–Crippen MR) is 112 cm³/mol. The van der Waals surface area contributed by atoms with Crippen LogP contribution in [0, 0.1) is 0 Å². The Morgan fingerprint density at radius 1 is 1.07 bits per heavy atom. The van der Waals surface area contributed by atoms with Crippen LogP contribution in [-0.4, -0.2) is 19.3 Å². The molecule has 0 unspecified atom stereocenters. The van der Waals surface area contributed by atoms with Gasteiger partial charge in [-0.25, -0.2) is 4.98 Å². The van der Waals surface area contributed by atoms with E-state index in [1.54, 1.807) is 53.8 Å². The number of aryl methyl sites for hydroxylation is 1. The Hall–Kier alpha value is -3.38. The Kier molecular flexibility index (Phi) is 5.44. The minimum Gasteiger partial charge on any atom is -0.449 e. The van der Waals surface area contributed by atoms with Gasteiger partial charge in [0.2, 0.25) is 5.75 Å². The van der Waals surface area contributed by atoms with Crippen LogP contribution >= 0.6 is 11.6 Å². The van der Waals surface area contributed by atoms with Gasteiger partial charge < -0.3 is 9.30 Å². The van der Waals surface area contributed by atoms with Crippen molar-refractivity contribution in [2.75, 3.05) is 0 Å². The summed E-state index contributed by atoms with van der Waals surface area (Å²) in [6.45, 7) is 2.14. The molecule has 6 nitrogen and oxygen atoms in total. The van der Waals surface area contributed by atoms with E-state index in [-0.39, 0.29) is 11.3 Å². The fourth-order valence-electron chi connectivity index (χ4n) is 3.01. The second kappa shape index (κ2) is 8.32. The SMILES string of the molecule is CCCc1ccc(Oc2c(-n3ccnc3)cnn(-c3ccc(Cl)cc3)c2=O)cc1. The van der Waals surface area contributed by atoms with Gasteiger partial charge in [-0.3, -0.25) is 4.79 Å². The summed E-state index contributed by atoms with van der Waals surface area (Å²) in [5, 5.41) is 4.89. The first-order valence-corrected chi connectivity index (χ1v) is 9.67. The number of hydrogen-bond donors (Lipinski definition) is 0. The molecule has 0 amide bonds. The van der Waals surface area contributed by atoms with Crippen molar-refractivity contribution < 1.29 is 4.74 Å². The monoisotopic (exact) mass is 406 g/mol. The maximum atomic E-state index is 13.3. The average Bonchev–Trinajstić information content (AvgIpc) is 3.26. The molecule has 0 saturated carbocycles. The quantitative estimate of drug-likeness (QED) is 0.460. The third-order valence-corrected chi connectivity index (χ3v) is 4.70. The molecule has 0 aliphatic rings. The maximum Gasteiger partial charge on any atom is 0.316 e. The number of imidazole rings is 1. The van der Waals surface area contributed by atoms with Crippen molar-refractivity contribution in [2.45, 2.75) is 19.8 Å². The van der Waals surface area contributed by atoms with E-state index in [0.29, 0.717) is 22.1 Å². The lowest BCUT2D eigenvalue weighted by Gasteiger charge is -2.13. The molecule has 4 rings (SSSR count). The molecule has 0 radical (unpaired) electrons. The number of aromatic nitrogens is 4. The second-order valence-corrected chi connectivity index (χ2v) is 6.95. The number of nitrogens with zero attached hydrogens (tertiary/aromatic N) is 4. The Morgan fingerprint density at radius 3 is 2.48 bits per heavy atom. The molecule has 0 spiro atoms. The Balaban J connectivity index is 1.79. The topological polar surface area (TPSA) is 61.9 Å². The summed E-state index contributed by atoms with van der Waals surface area (Å²) in [5.41, 5.74) is 1.95. The van der Waals surface area contributed by atoms with Gasteiger partial charge in [0.25, 0.3) is 0 Å². The van der Waals surface area contributed by atoms with E-state index >= 15 is 0 Å². The highest BCUT2D eigenvalue weighted by Crippen LogP contribution is 2.25. The van der Waals surface area contributed by atoms with Gasteiger partial charge in [-0.1, -0.05) is 37.1 Å². The van der Waals surface area contributed by atoms with Gasteiger partial charge in [-0.05, 0) is 48.4 Å². The fourth-order valence-corrected chi connectivity index (χ4v) is 3.13. The number of hydrogen-bond acceptors (Lipinski definition) is 4. The maximum absolute atomic E-state index is 13.3. The van der Waals surface area contributed by atoms with E-state index in [2.05, 4.69) is 17.0 Å². The number of rotatable bonds is 6. The molecule has 2 heterocycles. The minimum atomic E-state index is -0.379. The second-order valence-electron chi connectivity index (χ2n) is 6.52. The van der Waals surface area contributed by atoms with Crippen molar-refractivity contribution in [3.63, 3.8) is 0 Å². The first-order valence-electron chi connectivity index (χ1n) is 9.29. The molecule has 2 aromatic heterocycles. The molecule has 7 heteroatoms. The lowest BCUT2D eigenvalue weighted by molar-refractivity contribution is 0.464. The van der Waals surface area contributed by atoms with E-state index < -0.39 is 0 Å². The largest absolute Gasteiger partial charge is 0.449 e. The predicted octanol–water partition coefficient (Wildman–Crippen LogP) is 4.82. The van der Waals surface area contributed by atoms with Crippen LogP contribution in [0.15, 0.2) is 78.2 Å². The molecule has 0 bridgehead atoms. The summed E-state index contributed by atoms with van der Waals surface area (Å²) >= 11 is 5.96. The standard InChI is InChI=1S/C22H19ClN4O2/c1-2-3-16-4-10-19(11-5-16)29-21-20(26-13-12-24-15-26)14-25-27(22(21)28)18-8-6-17(23)7-9-18/h4-15H,2-3H2,1H3. The molecule has 146 valence electrons. The normalized spacial score (nSPS) is 10.8. The van der Waals surface area contributed by atoms with E-state index in [0.717, 1.165) is 12.8 Å². The van der Waals surface area contributed by atoms with Gasteiger partial charge in [0.05, 0.1) is 18.2 Å². The van der Waals surface area contributed by atoms with Crippen LogP contribution in [0.25, 0.3) is 11.4 Å². The molecule has 0 N–H and O–H groups in total. The van der Waals surface area contributed by atoms with Gasteiger partial charge >= 0.3 is 5.56 Å². The van der Waals surface area contributed by atoms with E-state index in [4.69, 9.17) is 16.3 Å². The summed E-state index contributed by atoms with van der Waals surface area (Å²) in [6, 6.07) is 14.6. The first kappa shape index (κ1) is 19.0. The molecular weight excluding hydrogens is 388 g/mol. The van der Waals surface area contributed by atoms with Crippen LogP contribution in [0.3, 0.4) is 0 Å². The molecule has 29 heavy (non-hydrogen) atoms. The smallest absolute Gasteiger partial charge is 0.316 e. The highest BCUT2D eigenvalue weighted by molar-refractivity contribution is 6.30. The van der Waals surface area contributed by atoms with Crippen molar-refractivity contribution in [3.8, 4) is 22.9 Å². The zero-order valence-electron chi connectivity index (χ0n) is 15.8. The third kappa shape index (κ3) is 4.07. The van der Waals surface area contributed by atoms with Crippen LogP contribution in [0.5, 0.6) is 11.5 Å². The Morgan fingerprint density at radius 2 is 1.83 bits per heavy atom. The number of ether oxygens (including phenoxy) is 1. The zero-order valence-corrected chi connectivity index (χ0v) is 16.6. The molecule has 0 aliphatic heterocycles. The molecule has 0 atom stereocenters. The van der Waals surface area contributed by atoms with Crippen LogP contribution in [-0.2, 0) is 6.42 Å². The highest BCUT2D eigenvalue weighted by atomic mass is 35.5.